The topological polar surface area (TPSA) is 104 Å². The molecular weight excluding hydrogens is 458 g/mol. The van der Waals surface area contributed by atoms with Gasteiger partial charge in [-0.05, 0) is 62.7 Å². The van der Waals surface area contributed by atoms with Gasteiger partial charge in [-0.1, -0.05) is 17.7 Å². The van der Waals surface area contributed by atoms with Gasteiger partial charge in [0.25, 0.3) is 5.91 Å². The number of pyridine rings is 2. The van der Waals surface area contributed by atoms with Crippen molar-refractivity contribution in [3.05, 3.63) is 86.4 Å². The van der Waals surface area contributed by atoms with Gasteiger partial charge in [-0.3, -0.25) is 19.4 Å². The highest BCUT2D eigenvalue weighted by Gasteiger charge is 2.23. The number of nitrogens with zero attached hydrogens (tertiary/aromatic N) is 2. The van der Waals surface area contributed by atoms with Crippen LogP contribution in [0.15, 0.2) is 57.9 Å². The molecule has 0 aliphatic rings. The number of hydrogen-bond acceptors (Lipinski definition) is 7. The molecular formula is C25H22ClN3O5. The zero-order valence-corrected chi connectivity index (χ0v) is 19.8. The number of aryl methyl sites for hydroxylation is 1. The Morgan fingerprint density at radius 2 is 1.97 bits per heavy atom. The summed E-state index contributed by atoms with van der Waals surface area (Å²) in [6, 6.07) is 12.1. The fraction of sp³-hybridized carbons (Fsp3) is 0.200. The number of benzene rings is 1. The predicted octanol–water partition coefficient (Wildman–Crippen LogP) is 4.95. The predicted molar refractivity (Wildman–Crippen MR) is 128 cm³/mol. The number of ether oxygens (including phenoxy) is 1. The van der Waals surface area contributed by atoms with E-state index in [0.717, 1.165) is 5.56 Å². The van der Waals surface area contributed by atoms with Crippen LogP contribution in [0.4, 0.5) is 0 Å². The van der Waals surface area contributed by atoms with Gasteiger partial charge in [0, 0.05) is 17.3 Å². The van der Waals surface area contributed by atoms with E-state index in [2.05, 4.69) is 15.4 Å². The number of amides is 1. The molecule has 0 saturated heterocycles. The van der Waals surface area contributed by atoms with Crippen LogP contribution < -0.4 is 15.6 Å². The van der Waals surface area contributed by atoms with E-state index in [1.54, 1.807) is 44.3 Å². The highest BCUT2D eigenvalue weighted by Crippen LogP contribution is 2.33. The summed E-state index contributed by atoms with van der Waals surface area (Å²) in [4.78, 5) is 38.7. The van der Waals surface area contributed by atoms with Gasteiger partial charge in [0.15, 0.2) is 22.6 Å². The smallest absolute Gasteiger partial charge is 0.297 e. The van der Waals surface area contributed by atoms with Gasteiger partial charge in [-0.15, -0.1) is 0 Å². The van der Waals surface area contributed by atoms with Crippen LogP contribution >= 0.6 is 11.6 Å². The molecule has 0 aliphatic heterocycles. The molecule has 9 heteroatoms. The van der Waals surface area contributed by atoms with Gasteiger partial charge in [-0.25, -0.2) is 10.5 Å². The third-order valence-electron chi connectivity index (χ3n) is 5.27. The maximum Gasteiger partial charge on any atom is 0.297 e. The average molecular weight is 480 g/mol. The van der Waals surface area contributed by atoms with Crippen molar-refractivity contribution in [3.8, 4) is 17.2 Å². The quantitative estimate of drug-likeness (QED) is 0.308. The van der Waals surface area contributed by atoms with Crippen molar-refractivity contribution < 1.29 is 18.8 Å². The zero-order valence-electron chi connectivity index (χ0n) is 19.0. The highest BCUT2D eigenvalue weighted by atomic mass is 35.5. The molecule has 1 aromatic carbocycles. The molecule has 34 heavy (non-hydrogen) atoms. The number of hydroxylamine groups is 1. The van der Waals surface area contributed by atoms with Gasteiger partial charge in [0.1, 0.15) is 22.5 Å². The van der Waals surface area contributed by atoms with Crippen molar-refractivity contribution in [1.29, 1.82) is 0 Å². The summed E-state index contributed by atoms with van der Waals surface area (Å²) in [6.45, 7) is 5.40. The molecule has 3 aromatic heterocycles. The molecule has 0 bridgehead atoms. The molecule has 0 spiro atoms. The van der Waals surface area contributed by atoms with Crippen LogP contribution in [-0.2, 0) is 4.84 Å². The van der Waals surface area contributed by atoms with Crippen molar-refractivity contribution in [1.82, 2.24) is 15.4 Å². The first kappa shape index (κ1) is 23.4. The number of aromatic nitrogens is 2. The summed E-state index contributed by atoms with van der Waals surface area (Å²) in [7, 11) is 1.31. The van der Waals surface area contributed by atoms with Crippen LogP contribution in [0.3, 0.4) is 0 Å². The first-order valence-corrected chi connectivity index (χ1v) is 10.8. The van der Waals surface area contributed by atoms with Crippen molar-refractivity contribution in [2.75, 3.05) is 7.11 Å². The van der Waals surface area contributed by atoms with Gasteiger partial charge < -0.3 is 9.15 Å². The van der Waals surface area contributed by atoms with Crippen LogP contribution in [0.25, 0.3) is 22.4 Å². The number of fused-ring (bicyclic) bond motifs is 1. The van der Waals surface area contributed by atoms with E-state index in [1.807, 2.05) is 19.1 Å². The van der Waals surface area contributed by atoms with Crippen LogP contribution in [0, 0.1) is 13.8 Å². The lowest BCUT2D eigenvalue weighted by Gasteiger charge is -2.19. The lowest BCUT2D eigenvalue weighted by atomic mass is 10.0. The van der Waals surface area contributed by atoms with E-state index in [4.69, 9.17) is 25.6 Å². The third-order valence-corrected chi connectivity index (χ3v) is 5.48. The lowest BCUT2D eigenvalue weighted by molar-refractivity contribution is 0.0526. The van der Waals surface area contributed by atoms with Gasteiger partial charge in [0.05, 0.1) is 12.5 Å². The van der Waals surface area contributed by atoms with Crippen molar-refractivity contribution in [2.24, 2.45) is 0 Å². The van der Waals surface area contributed by atoms with Crippen molar-refractivity contribution in [3.63, 3.8) is 0 Å². The molecule has 0 fully saturated rings. The summed E-state index contributed by atoms with van der Waals surface area (Å²) in [5.74, 6) is -0.0230. The molecule has 4 aromatic rings. The van der Waals surface area contributed by atoms with Crippen LogP contribution in [0.1, 0.15) is 40.2 Å². The molecule has 8 nitrogen and oxygen atoms in total. The second-order valence-electron chi connectivity index (χ2n) is 7.71. The Morgan fingerprint density at radius 1 is 1.18 bits per heavy atom. The molecule has 0 radical (unpaired) electrons. The summed E-state index contributed by atoms with van der Waals surface area (Å²) >= 11 is 5.98. The largest absolute Gasteiger partial charge is 0.483 e. The first-order chi connectivity index (χ1) is 16.3. The fourth-order valence-electron chi connectivity index (χ4n) is 3.69. The Balaban J connectivity index is 1.84. The lowest BCUT2D eigenvalue weighted by Crippen LogP contribution is -2.24. The van der Waals surface area contributed by atoms with Gasteiger partial charge >= 0.3 is 0 Å². The average Bonchev–Trinajstić information content (AvgIpc) is 2.83. The third kappa shape index (κ3) is 4.50. The number of halogens is 1. The Labute approximate surface area is 200 Å². The van der Waals surface area contributed by atoms with Crippen LogP contribution in [0.5, 0.6) is 5.75 Å². The minimum Gasteiger partial charge on any atom is -0.483 e. The van der Waals surface area contributed by atoms with Gasteiger partial charge in [-0.2, -0.15) is 0 Å². The molecule has 1 amide bonds. The Hall–Kier alpha value is -3.75. The van der Waals surface area contributed by atoms with Crippen LogP contribution in [0.2, 0.25) is 5.15 Å². The number of hydrogen-bond donors (Lipinski definition) is 1. The maximum atomic E-state index is 13.2. The normalized spacial score (nSPS) is 11.9. The molecule has 1 N–H and O–H groups in total. The van der Waals surface area contributed by atoms with E-state index in [0.29, 0.717) is 33.6 Å². The molecule has 0 saturated carbocycles. The summed E-state index contributed by atoms with van der Waals surface area (Å²) < 4.78 is 12.4. The van der Waals surface area contributed by atoms with E-state index in [9.17, 15) is 9.59 Å². The standard InChI is InChI=1S/C25H22ClN3O5/c1-13-11-16(15(3)33-19-8-9-20(26)28-21(19)25(31)29-32-4)24-17(12-13)22(30)14(2)23(34-24)18-7-5-6-10-27-18/h5-12,15H,1-4H3,(H,29,31). The minimum atomic E-state index is -0.610. The Bertz CT molecular complexity index is 1440. The number of carbonyl (C=O) groups is 1. The van der Waals surface area contributed by atoms with E-state index in [1.165, 1.54) is 13.2 Å². The highest BCUT2D eigenvalue weighted by molar-refractivity contribution is 6.29. The SMILES string of the molecule is CONC(=O)c1nc(Cl)ccc1OC(C)c1cc(C)cc2c(=O)c(C)c(-c3ccccn3)oc12. The van der Waals surface area contributed by atoms with Crippen molar-refractivity contribution >= 4 is 28.5 Å². The summed E-state index contributed by atoms with van der Waals surface area (Å²) in [5, 5.41) is 0.568. The zero-order chi connectivity index (χ0) is 24.4. The molecule has 1 unspecified atom stereocenters. The number of rotatable bonds is 6. The first-order valence-electron chi connectivity index (χ1n) is 10.5. The monoisotopic (exact) mass is 479 g/mol. The summed E-state index contributed by atoms with van der Waals surface area (Å²) in [6.07, 6.45) is 1.03. The second kappa shape index (κ2) is 9.62. The Morgan fingerprint density at radius 3 is 2.68 bits per heavy atom. The molecule has 1 atom stereocenters. The number of nitrogens with one attached hydrogen (secondary N) is 1. The number of carbonyl (C=O) groups excluding carboxylic acids is 1. The van der Waals surface area contributed by atoms with Gasteiger partial charge in [0.2, 0.25) is 0 Å². The summed E-state index contributed by atoms with van der Waals surface area (Å²) in [5.41, 5.74) is 4.94. The maximum absolute atomic E-state index is 13.2. The molecule has 174 valence electrons. The Kier molecular flexibility index (Phi) is 6.63. The minimum absolute atomic E-state index is 0.0374. The van der Waals surface area contributed by atoms with Crippen LogP contribution in [-0.4, -0.2) is 23.0 Å². The second-order valence-corrected chi connectivity index (χ2v) is 8.09. The van der Waals surface area contributed by atoms with E-state index < -0.39 is 12.0 Å². The van der Waals surface area contributed by atoms with E-state index in [-0.39, 0.29) is 22.0 Å². The molecule has 4 rings (SSSR count). The fourth-order valence-corrected chi connectivity index (χ4v) is 3.83. The molecule has 0 aliphatic carbocycles. The van der Waals surface area contributed by atoms with Crippen molar-refractivity contribution in [2.45, 2.75) is 26.9 Å². The van der Waals surface area contributed by atoms with E-state index >= 15 is 0 Å². The molecule has 3 heterocycles.